The zero-order valence-electron chi connectivity index (χ0n) is 14.7. The molecule has 0 amide bonds. The number of nitrogens with one attached hydrogen (secondary N) is 1. The van der Waals surface area contributed by atoms with E-state index < -0.39 is 0 Å². The maximum absolute atomic E-state index is 4.67. The Kier molecular flexibility index (Phi) is 5.75. The average Bonchev–Trinajstić information content (AvgIpc) is 2.90. The zero-order chi connectivity index (χ0) is 16.8. The van der Waals surface area contributed by atoms with Crippen molar-refractivity contribution in [2.45, 2.75) is 52.1 Å². The molecule has 1 atom stereocenters. The maximum atomic E-state index is 4.67. The first-order valence-electron chi connectivity index (χ1n) is 8.95. The van der Waals surface area contributed by atoms with Crippen LogP contribution >= 0.6 is 0 Å². The van der Waals surface area contributed by atoms with Crippen molar-refractivity contribution in [1.82, 2.24) is 20.3 Å². The number of aromatic nitrogens is 3. The summed E-state index contributed by atoms with van der Waals surface area (Å²) in [6, 6.07) is 4.50. The lowest BCUT2D eigenvalue weighted by molar-refractivity contribution is 0.554. The van der Waals surface area contributed by atoms with Crippen LogP contribution < -0.4 is 10.2 Å². The fourth-order valence-electron chi connectivity index (χ4n) is 3.22. The molecular formula is C19H27N5. The van der Waals surface area contributed by atoms with Crippen molar-refractivity contribution in [3.63, 3.8) is 0 Å². The van der Waals surface area contributed by atoms with Crippen LogP contribution in [-0.4, -0.2) is 28.0 Å². The molecule has 3 rings (SSSR count). The fraction of sp³-hybridized carbons (Fsp3) is 0.526. The maximum Gasteiger partial charge on any atom is 0.128 e. The van der Waals surface area contributed by atoms with E-state index >= 15 is 0 Å². The van der Waals surface area contributed by atoms with Gasteiger partial charge < -0.3 is 10.2 Å². The fourth-order valence-corrected chi connectivity index (χ4v) is 3.22. The van der Waals surface area contributed by atoms with Gasteiger partial charge in [-0.05, 0) is 38.3 Å². The Hall–Kier alpha value is -2.01. The van der Waals surface area contributed by atoms with Crippen LogP contribution in [0.2, 0.25) is 0 Å². The van der Waals surface area contributed by atoms with Crippen LogP contribution in [0.25, 0.3) is 0 Å². The van der Waals surface area contributed by atoms with E-state index in [0.29, 0.717) is 0 Å². The van der Waals surface area contributed by atoms with Crippen molar-refractivity contribution in [2.24, 2.45) is 0 Å². The summed E-state index contributed by atoms with van der Waals surface area (Å²) >= 11 is 0. The van der Waals surface area contributed by atoms with Gasteiger partial charge in [0.15, 0.2) is 0 Å². The Morgan fingerprint density at radius 1 is 1.04 bits per heavy atom. The molecule has 5 heteroatoms. The topological polar surface area (TPSA) is 53.9 Å². The second-order valence-electron chi connectivity index (χ2n) is 6.56. The first-order valence-corrected chi connectivity index (χ1v) is 8.95. The number of rotatable bonds is 5. The largest absolute Gasteiger partial charge is 0.357 e. The zero-order valence-corrected chi connectivity index (χ0v) is 14.7. The smallest absolute Gasteiger partial charge is 0.128 e. The molecule has 2 aromatic rings. The SMILES string of the molecule is Cc1nccnc1C(C)NCc1ccc(N2CCCCCC2)nc1. The van der Waals surface area contributed by atoms with Gasteiger partial charge in [0.2, 0.25) is 0 Å². The Morgan fingerprint density at radius 3 is 2.46 bits per heavy atom. The summed E-state index contributed by atoms with van der Waals surface area (Å²) in [7, 11) is 0. The standard InChI is InChI=1S/C19H27N5/c1-15-19(21-10-9-20-15)16(2)22-13-17-7-8-18(23-14-17)24-11-5-3-4-6-12-24/h7-10,14,16,22H,3-6,11-13H2,1-2H3. The van der Waals surface area contributed by atoms with Crippen LogP contribution in [0.15, 0.2) is 30.7 Å². The highest BCUT2D eigenvalue weighted by Gasteiger charge is 2.12. The molecule has 5 nitrogen and oxygen atoms in total. The molecule has 128 valence electrons. The van der Waals surface area contributed by atoms with Crippen molar-refractivity contribution in [3.8, 4) is 0 Å². The van der Waals surface area contributed by atoms with Gasteiger partial charge in [0.05, 0.1) is 11.4 Å². The predicted octanol–water partition coefficient (Wildman–Crippen LogP) is 3.41. The van der Waals surface area contributed by atoms with E-state index in [2.05, 4.69) is 44.2 Å². The first kappa shape index (κ1) is 16.8. The summed E-state index contributed by atoms with van der Waals surface area (Å²) in [5, 5.41) is 3.51. The van der Waals surface area contributed by atoms with E-state index in [-0.39, 0.29) is 6.04 Å². The molecule has 0 spiro atoms. The lowest BCUT2D eigenvalue weighted by Gasteiger charge is -2.21. The predicted molar refractivity (Wildman–Crippen MR) is 96.9 cm³/mol. The van der Waals surface area contributed by atoms with Gasteiger partial charge in [0, 0.05) is 44.3 Å². The van der Waals surface area contributed by atoms with Gasteiger partial charge in [-0.3, -0.25) is 9.97 Å². The van der Waals surface area contributed by atoms with Crippen molar-refractivity contribution in [2.75, 3.05) is 18.0 Å². The average molecular weight is 325 g/mol. The summed E-state index contributed by atoms with van der Waals surface area (Å²) in [6.45, 7) is 7.17. The molecule has 1 unspecified atom stereocenters. The van der Waals surface area contributed by atoms with Crippen LogP contribution in [0.1, 0.15) is 55.6 Å². The van der Waals surface area contributed by atoms with Crippen LogP contribution in [0.3, 0.4) is 0 Å². The third kappa shape index (κ3) is 4.29. The highest BCUT2D eigenvalue weighted by Crippen LogP contribution is 2.18. The Labute approximate surface area is 144 Å². The monoisotopic (exact) mass is 325 g/mol. The number of nitrogens with zero attached hydrogens (tertiary/aromatic N) is 4. The minimum absolute atomic E-state index is 0.170. The molecule has 1 N–H and O–H groups in total. The molecule has 0 bridgehead atoms. The molecule has 1 aliphatic heterocycles. The highest BCUT2D eigenvalue weighted by atomic mass is 15.2. The van der Waals surface area contributed by atoms with E-state index in [1.807, 2.05) is 13.1 Å². The quantitative estimate of drug-likeness (QED) is 0.913. The Bertz CT molecular complexity index is 632. The number of aryl methyl sites for hydroxylation is 1. The summed E-state index contributed by atoms with van der Waals surface area (Å²) in [5.74, 6) is 1.11. The summed E-state index contributed by atoms with van der Waals surface area (Å²) in [5.41, 5.74) is 3.18. The summed E-state index contributed by atoms with van der Waals surface area (Å²) in [4.78, 5) is 15.8. The van der Waals surface area contributed by atoms with Gasteiger partial charge in [-0.25, -0.2) is 4.98 Å². The molecule has 2 aromatic heterocycles. The second-order valence-corrected chi connectivity index (χ2v) is 6.56. The third-order valence-electron chi connectivity index (χ3n) is 4.68. The Balaban J connectivity index is 1.57. The van der Waals surface area contributed by atoms with E-state index in [0.717, 1.165) is 36.8 Å². The number of anilines is 1. The minimum atomic E-state index is 0.170. The first-order chi connectivity index (χ1) is 11.7. The minimum Gasteiger partial charge on any atom is -0.357 e. The van der Waals surface area contributed by atoms with Crippen LogP contribution in [-0.2, 0) is 6.54 Å². The molecule has 3 heterocycles. The lowest BCUT2D eigenvalue weighted by atomic mass is 10.1. The highest BCUT2D eigenvalue weighted by molar-refractivity contribution is 5.39. The molecular weight excluding hydrogens is 298 g/mol. The summed E-state index contributed by atoms with van der Waals surface area (Å²) in [6.07, 6.45) is 10.7. The molecule has 1 saturated heterocycles. The van der Waals surface area contributed by atoms with Gasteiger partial charge in [-0.15, -0.1) is 0 Å². The van der Waals surface area contributed by atoms with Crippen molar-refractivity contribution >= 4 is 5.82 Å². The summed E-state index contributed by atoms with van der Waals surface area (Å²) < 4.78 is 0. The van der Waals surface area contributed by atoms with E-state index in [4.69, 9.17) is 0 Å². The number of hydrogen-bond donors (Lipinski definition) is 1. The van der Waals surface area contributed by atoms with Gasteiger partial charge in [0.25, 0.3) is 0 Å². The lowest BCUT2D eigenvalue weighted by Crippen LogP contribution is -2.25. The van der Waals surface area contributed by atoms with Crippen LogP contribution in [0, 0.1) is 6.92 Å². The molecule has 0 saturated carbocycles. The molecule has 1 fully saturated rings. The molecule has 0 radical (unpaired) electrons. The van der Waals surface area contributed by atoms with Gasteiger partial charge >= 0.3 is 0 Å². The number of hydrogen-bond acceptors (Lipinski definition) is 5. The molecule has 1 aliphatic rings. The number of pyridine rings is 1. The van der Waals surface area contributed by atoms with Crippen molar-refractivity contribution < 1.29 is 0 Å². The van der Waals surface area contributed by atoms with Gasteiger partial charge in [-0.1, -0.05) is 18.9 Å². The third-order valence-corrected chi connectivity index (χ3v) is 4.68. The van der Waals surface area contributed by atoms with Crippen molar-refractivity contribution in [1.29, 1.82) is 0 Å². The van der Waals surface area contributed by atoms with Crippen molar-refractivity contribution in [3.05, 3.63) is 47.7 Å². The molecule has 0 aliphatic carbocycles. The van der Waals surface area contributed by atoms with E-state index in [9.17, 15) is 0 Å². The normalized spacial score (nSPS) is 16.7. The van der Waals surface area contributed by atoms with Gasteiger partial charge in [0.1, 0.15) is 5.82 Å². The van der Waals surface area contributed by atoms with Gasteiger partial charge in [-0.2, -0.15) is 0 Å². The van der Waals surface area contributed by atoms with Crippen LogP contribution in [0.4, 0.5) is 5.82 Å². The molecule has 24 heavy (non-hydrogen) atoms. The Morgan fingerprint density at radius 2 is 1.79 bits per heavy atom. The van der Waals surface area contributed by atoms with Crippen LogP contribution in [0.5, 0.6) is 0 Å². The van der Waals surface area contributed by atoms with E-state index in [1.54, 1.807) is 12.4 Å². The van der Waals surface area contributed by atoms with E-state index in [1.165, 1.54) is 31.2 Å². The molecule has 0 aromatic carbocycles. The second kappa shape index (κ2) is 8.20.